The predicted molar refractivity (Wildman–Crippen MR) is 29.1 cm³/mol. The molecule has 0 fully saturated rings. The van der Waals surface area contributed by atoms with Gasteiger partial charge in [0.05, 0.1) is 0 Å². The molecular weight excluding hydrogens is 136 g/mol. The lowest BCUT2D eigenvalue weighted by molar-refractivity contribution is 0.536. The van der Waals surface area contributed by atoms with Crippen molar-refractivity contribution in [3.63, 3.8) is 0 Å². The number of halogens is 1. The molecule has 44 valence electrons. The van der Waals surface area contributed by atoms with E-state index >= 15 is 0 Å². The smallest absolute Gasteiger partial charge is 0.0412 e. The topological polar surface area (TPSA) is 40.1 Å². The van der Waals surface area contributed by atoms with Gasteiger partial charge in [-0.1, -0.05) is 11.1 Å². The van der Waals surface area contributed by atoms with E-state index in [1.807, 2.05) is 0 Å². The molecule has 0 aliphatic rings. The standard InChI is InChI=1S/C3H7ClO2S/c1-3(4)2-7(5)6/h3H,2H2,1H3,(H,5,6)/p-1. The van der Waals surface area contributed by atoms with Crippen LogP contribution in [0.3, 0.4) is 0 Å². The van der Waals surface area contributed by atoms with E-state index in [4.69, 9.17) is 11.6 Å². The molecule has 0 N–H and O–H groups in total. The van der Waals surface area contributed by atoms with Crippen LogP contribution in [-0.2, 0) is 11.1 Å². The highest BCUT2D eigenvalue weighted by molar-refractivity contribution is 7.79. The van der Waals surface area contributed by atoms with Crippen LogP contribution in [0.25, 0.3) is 0 Å². The second-order valence-electron chi connectivity index (χ2n) is 1.25. The van der Waals surface area contributed by atoms with Crippen molar-refractivity contribution >= 4 is 22.7 Å². The normalized spacial score (nSPS) is 18.7. The molecule has 0 aromatic carbocycles. The van der Waals surface area contributed by atoms with Crippen molar-refractivity contribution in [1.29, 1.82) is 0 Å². The molecule has 0 heterocycles. The second kappa shape index (κ2) is 3.41. The molecule has 2 nitrogen and oxygen atoms in total. The fourth-order valence-electron chi connectivity index (χ4n) is 0.188. The molecule has 0 rings (SSSR count). The van der Waals surface area contributed by atoms with Gasteiger partial charge >= 0.3 is 0 Å². The Hall–Kier alpha value is 0.400. The Morgan fingerprint density at radius 2 is 2.43 bits per heavy atom. The van der Waals surface area contributed by atoms with E-state index < -0.39 is 11.1 Å². The van der Waals surface area contributed by atoms with Crippen molar-refractivity contribution in [1.82, 2.24) is 0 Å². The van der Waals surface area contributed by atoms with Crippen LogP contribution in [0.5, 0.6) is 0 Å². The summed E-state index contributed by atoms with van der Waals surface area (Å²) in [6.07, 6.45) is 0. The number of alkyl halides is 1. The van der Waals surface area contributed by atoms with Gasteiger partial charge in [-0.3, -0.25) is 4.21 Å². The van der Waals surface area contributed by atoms with E-state index in [-0.39, 0.29) is 11.1 Å². The number of hydrogen-bond donors (Lipinski definition) is 0. The van der Waals surface area contributed by atoms with Crippen molar-refractivity contribution in [3.8, 4) is 0 Å². The van der Waals surface area contributed by atoms with Crippen molar-refractivity contribution in [3.05, 3.63) is 0 Å². The van der Waals surface area contributed by atoms with Crippen LogP contribution in [0.4, 0.5) is 0 Å². The lowest BCUT2D eigenvalue weighted by Gasteiger charge is -2.03. The monoisotopic (exact) mass is 141 g/mol. The Balaban J connectivity index is 3.13. The minimum Gasteiger partial charge on any atom is -0.772 e. The zero-order valence-electron chi connectivity index (χ0n) is 3.89. The molecule has 0 aromatic heterocycles. The molecule has 2 unspecified atom stereocenters. The van der Waals surface area contributed by atoms with Gasteiger partial charge in [0.2, 0.25) is 0 Å². The maximum absolute atomic E-state index is 9.73. The third kappa shape index (κ3) is 6.40. The van der Waals surface area contributed by atoms with Crippen LogP contribution in [0.2, 0.25) is 0 Å². The first-order valence-electron chi connectivity index (χ1n) is 1.83. The largest absolute Gasteiger partial charge is 0.772 e. The molecule has 2 atom stereocenters. The van der Waals surface area contributed by atoms with Crippen LogP contribution < -0.4 is 0 Å². The minimum atomic E-state index is -1.98. The summed E-state index contributed by atoms with van der Waals surface area (Å²) in [4.78, 5) is 0. The van der Waals surface area contributed by atoms with Gasteiger partial charge in [-0.15, -0.1) is 11.6 Å². The van der Waals surface area contributed by atoms with Crippen molar-refractivity contribution < 1.29 is 8.76 Å². The van der Waals surface area contributed by atoms with Gasteiger partial charge in [0.15, 0.2) is 0 Å². The lowest BCUT2D eigenvalue weighted by atomic mass is 10.6. The third-order valence-electron chi connectivity index (χ3n) is 0.366. The van der Waals surface area contributed by atoms with Gasteiger partial charge < -0.3 is 4.55 Å². The van der Waals surface area contributed by atoms with Gasteiger partial charge in [-0.25, -0.2) is 0 Å². The van der Waals surface area contributed by atoms with Gasteiger partial charge in [0, 0.05) is 11.1 Å². The molecule has 0 aliphatic heterocycles. The van der Waals surface area contributed by atoms with E-state index in [0.29, 0.717) is 0 Å². The zero-order chi connectivity index (χ0) is 5.86. The SMILES string of the molecule is CC(Cl)CS(=O)[O-]. The van der Waals surface area contributed by atoms with Crippen LogP contribution in [0, 0.1) is 0 Å². The quantitative estimate of drug-likeness (QED) is 0.415. The molecule has 4 heteroatoms. The van der Waals surface area contributed by atoms with Crippen LogP contribution in [0.15, 0.2) is 0 Å². The fourth-order valence-corrected chi connectivity index (χ4v) is 0.871. The third-order valence-corrected chi connectivity index (χ3v) is 1.48. The highest BCUT2D eigenvalue weighted by atomic mass is 35.5. The molecule has 0 amide bonds. The molecule has 0 radical (unpaired) electrons. The molecule has 0 saturated carbocycles. The first-order chi connectivity index (χ1) is 3.13. The Morgan fingerprint density at radius 1 is 2.00 bits per heavy atom. The van der Waals surface area contributed by atoms with Gasteiger partial charge in [0.25, 0.3) is 0 Å². The minimum absolute atomic E-state index is 0.0432. The summed E-state index contributed by atoms with van der Waals surface area (Å²) < 4.78 is 19.5. The summed E-state index contributed by atoms with van der Waals surface area (Å²) in [6.45, 7) is 1.64. The lowest BCUT2D eigenvalue weighted by Crippen LogP contribution is -2.04. The van der Waals surface area contributed by atoms with Crippen LogP contribution in [0.1, 0.15) is 6.92 Å². The van der Waals surface area contributed by atoms with Gasteiger partial charge in [0.1, 0.15) is 0 Å². The summed E-state index contributed by atoms with van der Waals surface area (Å²) >= 11 is 3.30. The summed E-state index contributed by atoms with van der Waals surface area (Å²) in [5.74, 6) is 0.0432. The Bertz CT molecular complexity index is 73.3. The highest BCUT2D eigenvalue weighted by Gasteiger charge is 1.91. The Kier molecular flexibility index (Phi) is 3.60. The van der Waals surface area contributed by atoms with E-state index in [1.54, 1.807) is 6.92 Å². The van der Waals surface area contributed by atoms with Crippen molar-refractivity contribution in [2.45, 2.75) is 12.3 Å². The van der Waals surface area contributed by atoms with Crippen LogP contribution >= 0.6 is 11.6 Å². The molecule has 0 aromatic rings. The predicted octanol–water partition coefficient (Wildman–Crippen LogP) is 0.493. The average Bonchev–Trinajstić information content (AvgIpc) is 1.27. The van der Waals surface area contributed by atoms with E-state index in [9.17, 15) is 8.76 Å². The molecule has 7 heavy (non-hydrogen) atoms. The molecule has 0 bridgehead atoms. The first kappa shape index (κ1) is 7.40. The first-order valence-corrected chi connectivity index (χ1v) is 3.51. The van der Waals surface area contributed by atoms with Gasteiger partial charge in [-0.2, -0.15) is 0 Å². The molecule has 0 saturated heterocycles. The Labute approximate surface area is 50.1 Å². The molecule has 0 spiro atoms. The Morgan fingerprint density at radius 3 is 2.43 bits per heavy atom. The maximum atomic E-state index is 9.73. The van der Waals surface area contributed by atoms with E-state index in [1.165, 1.54) is 0 Å². The number of rotatable bonds is 2. The summed E-state index contributed by atoms with van der Waals surface area (Å²) in [7, 11) is 0. The number of hydrogen-bond acceptors (Lipinski definition) is 2. The maximum Gasteiger partial charge on any atom is 0.0412 e. The van der Waals surface area contributed by atoms with Crippen LogP contribution in [-0.4, -0.2) is 19.9 Å². The highest BCUT2D eigenvalue weighted by Crippen LogP contribution is 1.92. The molecule has 0 aliphatic carbocycles. The average molecular weight is 142 g/mol. The van der Waals surface area contributed by atoms with E-state index in [0.717, 1.165) is 0 Å². The van der Waals surface area contributed by atoms with Crippen molar-refractivity contribution in [2.24, 2.45) is 0 Å². The molecular formula is C3H6ClO2S-. The summed E-state index contributed by atoms with van der Waals surface area (Å²) in [6, 6.07) is 0. The summed E-state index contributed by atoms with van der Waals surface area (Å²) in [5.41, 5.74) is 0. The summed E-state index contributed by atoms with van der Waals surface area (Å²) in [5, 5.41) is -0.265. The van der Waals surface area contributed by atoms with E-state index in [2.05, 4.69) is 0 Å². The second-order valence-corrected chi connectivity index (χ2v) is 2.94. The fraction of sp³-hybridized carbons (Fsp3) is 1.00. The van der Waals surface area contributed by atoms with Crippen molar-refractivity contribution in [2.75, 3.05) is 5.75 Å². The van der Waals surface area contributed by atoms with Gasteiger partial charge in [-0.05, 0) is 6.92 Å². The zero-order valence-corrected chi connectivity index (χ0v) is 5.46.